The molecule has 0 amide bonds. The third-order valence-corrected chi connectivity index (χ3v) is 4.54. The number of hydrogen-bond acceptors (Lipinski definition) is 3. The third-order valence-electron chi connectivity index (χ3n) is 4.19. The van der Waals surface area contributed by atoms with Crippen LogP contribution in [0.25, 0.3) is 0 Å². The minimum Gasteiger partial charge on any atom is -0.369 e. The summed E-state index contributed by atoms with van der Waals surface area (Å²) in [5, 5.41) is 0.836. The van der Waals surface area contributed by atoms with Crippen LogP contribution in [0, 0.1) is 0 Å². The van der Waals surface area contributed by atoms with Gasteiger partial charge >= 0.3 is 0 Å². The van der Waals surface area contributed by atoms with Gasteiger partial charge in [0.15, 0.2) is 0 Å². The lowest BCUT2D eigenvalue weighted by molar-refractivity contribution is 0.128. The van der Waals surface area contributed by atoms with Crippen molar-refractivity contribution in [2.24, 2.45) is 5.73 Å². The van der Waals surface area contributed by atoms with Gasteiger partial charge in [-0.15, -0.1) is 0 Å². The van der Waals surface area contributed by atoms with Crippen molar-refractivity contribution < 1.29 is 0 Å². The summed E-state index contributed by atoms with van der Waals surface area (Å²) in [7, 11) is 0. The molecular formula is C17H28ClN3. The van der Waals surface area contributed by atoms with Crippen molar-refractivity contribution in [2.75, 3.05) is 31.1 Å². The van der Waals surface area contributed by atoms with Crippen LogP contribution in [0.3, 0.4) is 0 Å². The number of nitrogens with zero attached hydrogens (tertiary/aromatic N) is 2. The SMILES string of the molecule is CC(N)Cc1c(Cl)cccc1N1CCN(C(C)(C)C)CC1. The Labute approximate surface area is 134 Å². The molecule has 4 heteroatoms. The molecule has 3 nitrogen and oxygen atoms in total. The molecule has 1 aliphatic heterocycles. The molecule has 1 atom stereocenters. The first-order valence-electron chi connectivity index (χ1n) is 7.82. The van der Waals surface area contributed by atoms with Gasteiger partial charge in [0.2, 0.25) is 0 Å². The molecule has 1 fully saturated rings. The molecule has 118 valence electrons. The van der Waals surface area contributed by atoms with E-state index in [4.69, 9.17) is 17.3 Å². The molecule has 2 rings (SSSR count). The standard InChI is InChI=1S/C17H28ClN3/c1-13(19)12-14-15(18)6-5-7-16(14)20-8-10-21(11-9-20)17(2,3)4/h5-7,13H,8-12,19H2,1-4H3. The lowest BCUT2D eigenvalue weighted by atomic mass is 10.0. The van der Waals surface area contributed by atoms with Crippen LogP contribution in [0.5, 0.6) is 0 Å². The Bertz CT molecular complexity index is 471. The number of hydrogen-bond donors (Lipinski definition) is 1. The second kappa shape index (κ2) is 6.55. The van der Waals surface area contributed by atoms with E-state index in [2.05, 4.69) is 36.6 Å². The molecular weight excluding hydrogens is 282 g/mol. The Hall–Kier alpha value is -0.770. The van der Waals surface area contributed by atoms with Gasteiger partial charge in [0.05, 0.1) is 0 Å². The van der Waals surface area contributed by atoms with Crippen LogP contribution >= 0.6 is 11.6 Å². The van der Waals surface area contributed by atoms with E-state index in [0.29, 0.717) is 0 Å². The van der Waals surface area contributed by atoms with Gasteiger partial charge in [-0.25, -0.2) is 0 Å². The van der Waals surface area contributed by atoms with Crippen molar-refractivity contribution in [3.8, 4) is 0 Å². The van der Waals surface area contributed by atoms with E-state index in [1.807, 2.05) is 19.1 Å². The topological polar surface area (TPSA) is 32.5 Å². The van der Waals surface area contributed by atoms with Gasteiger partial charge in [0, 0.05) is 48.5 Å². The maximum Gasteiger partial charge on any atom is 0.0459 e. The molecule has 0 aromatic heterocycles. The Kier molecular flexibility index (Phi) is 5.18. The fourth-order valence-corrected chi connectivity index (χ4v) is 3.23. The maximum atomic E-state index is 6.40. The zero-order valence-corrected chi connectivity index (χ0v) is 14.5. The molecule has 0 bridgehead atoms. The summed E-state index contributed by atoms with van der Waals surface area (Å²) < 4.78 is 0. The Balaban J connectivity index is 2.15. The van der Waals surface area contributed by atoms with Gasteiger partial charge in [-0.2, -0.15) is 0 Å². The average Bonchev–Trinajstić information content (AvgIpc) is 2.40. The number of rotatable bonds is 3. The summed E-state index contributed by atoms with van der Waals surface area (Å²) >= 11 is 6.40. The van der Waals surface area contributed by atoms with Crippen LogP contribution in [0.15, 0.2) is 18.2 Å². The van der Waals surface area contributed by atoms with E-state index in [9.17, 15) is 0 Å². The predicted octanol–water partition coefficient (Wildman–Crippen LogP) is 3.15. The minimum absolute atomic E-state index is 0.125. The van der Waals surface area contributed by atoms with E-state index in [1.165, 1.54) is 11.3 Å². The molecule has 1 unspecified atom stereocenters. The molecule has 1 heterocycles. The molecule has 0 spiro atoms. The van der Waals surface area contributed by atoms with Crippen LogP contribution in [0.2, 0.25) is 5.02 Å². The Morgan fingerprint density at radius 2 is 1.81 bits per heavy atom. The van der Waals surface area contributed by atoms with Crippen LogP contribution in [0.4, 0.5) is 5.69 Å². The molecule has 21 heavy (non-hydrogen) atoms. The first-order valence-corrected chi connectivity index (χ1v) is 8.20. The fourth-order valence-electron chi connectivity index (χ4n) is 2.99. The zero-order chi connectivity index (χ0) is 15.6. The van der Waals surface area contributed by atoms with Gasteiger partial charge in [-0.1, -0.05) is 17.7 Å². The lowest BCUT2D eigenvalue weighted by Crippen LogP contribution is -2.53. The van der Waals surface area contributed by atoms with Crippen molar-refractivity contribution in [1.82, 2.24) is 4.90 Å². The monoisotopic (exact) mass is 309 g/mol. The van der Waals surface area contributed by atoms with Gasteiger partial charge in [-0.05, 0) is 51.8 Å². The summed E-state index contributed by atoms with van der Waals surface area (Å²) in [6.07, 6.45) is 0.828. The summed E-state index contributed by atoms with van der Waals surface area (Å²) in [5.41, 5.74) is 8.68. The number of anilines is 1. The second-order valence-corrected chi connectivity index (χ2v) is 7.47. The Morgan fingerprint density at radius 1 is 1.19 bits per heavy atom. The van der Waals surface area contributed by atoms with Gasteiger partial charge in [0.1, 0.15) is 0 Å². The molecule has 1 saturated heterocycles. The van der Waals surface area contributed by atoms with E-state index in [-0.39, 0.29) is 11.6 Å². The number of benzene rings is 1. The number of piperazine rings is 1. The highest BCUT2D eigenvalue weighted by molar-refractivity contribution is 6.31. The number of halogens is 1. The lowest BCUT2D eigenvalue weighted by Gasteiger charge is -2.43. The molecule has 0 saturated carbocycles. The van der Waals surface area contributed by atoms with Crippen LogP contribution < -0.4 is 10.6 Å². The van der Waals surface area contributed by atoms with Crippen molar-refractivity contribution in [1.29, 1.82) is 0 Å². The highest BCUT2D eigenvalue weighted by Gasteiger charge is 2.27. The van der Waals surface area contributed by atoms with Gasteiger partial charge in [-0.3, -0.25) is 4.90 Å². The summed E-state index contributed by atoms with van der Waals surface area (Å²) in [5.74, 6) is 0. The molecule has 1 aromatic carbocycles. The molecule has 1 aliphatic rings. The molecule has 0 radical (unpaired) electrons. The molecule has 0 aliphatic carbocycles. The Morgan fingerprint density at radius 3 is 2.33 bits per heavy atom. The largest absolute Gasteiger partial charge is 0.369 e. The molecule has 2 N–H and O–H groups in total. The van der Waals surface area contributed by atoms with Crippen molar-refractivity contribution in [3.63, 3.8) is 0 Å². The van der Waals surface area contributed by atoms with Crippen LogP contribution in [-0.4, -0.2) is 42.7 Å². The van der Waals surface area contributed by atoms with Gasteiger partial charge in [0.25, 0.3) is 0 Å². The summed E-state index contributed by atoms with van der Waals surface area (Å²) in [6.45, 7) is 13.1. The predicted molar refractivity (Wildman–Crippen MR) is 92.3 cm³/mol. The smallest absolute Gasteiger partial charge is 0.0459 e. The maximum absolute atomic E-state index is 6.40. The molecule has 1 aromatic rings. The van der Waals surface area contributed by atoms with Crippen molar-refractivity contribution in [3.05, 3.63) is 28.8 Å². The first kappa shape index (κ1) is 16.6. The third kappa shape index (κ3) is 4.12. The van der Waals surface area contributed by atoms with E-state index in [0.717, 1.165) is 37.6 Å². The highest BCUT2D eigenvalue weighted by atomic mass is 35.5. The minimum atomic E-state index is 0.125. The summed E-state index contributed by atoms with van der Waals surface area (Å²) in [6, 6.07) is 6.31. The number of nitrogens with two attached hydrogens (primary N) is 1. The van der Waals surface area contributed by atoms with E-state index < -0.39 is 0 Å². The van der Waals surface area contributed by atoms with E-state index in [1.54, 1.807) is 0 Å². The highest BCUT2D eigenvalue weighted by Crippen LogP contribution is 2.30. The first-order chi connectivity index (χ1) is 9.79. The second-order valence-electron chi connectivity index (χ2n) is 7.06. The summed E-state index contributed by atoms with van der Waals surface area (Å²) in [4.78, 5) is 4.99. The van der Waals surface area contributed by atoms with Crippen molar-refractivity contribution >= 4 is 17.3 Å². The quantitative estimate of drug-likeness (QED) is 0.931. The van der Waals surface area contributed by atoms with Crippen LogP contribution in [0.1, 0.15) is 33.3 Å². The zero-order valence-electron chi connectivity index (χ0n) is 13.7. The average molecular weight is 310 g/mol. The van der Waals surface area contributed by atoms with Gasteiger partial charge < -0.3 is 10.6 Å². The normalized spacial score (nSPS) is 18.9. The van der Waals surface area contributed by atoms with E-state index >= 15 is 0 Å². The fraction of sp³-hybridized carbons (Fsp3) is 0.647. The van der Waals surface area contributed by atoms with Crippen molar-refractivity contribution in [2.45, 2.75) is 45.7 Å². The van der Waals surface area contributed by atoms with Crippen LogP contribution in [-0.2, 0) is 6.42 Å².